The van der Waals surface area contributed by atoms with Gasteiger partial charge in [0.25, 0.3) is 0 Å². The first-order chi connectivity index (χ1) is 9.59. The molecule has 110 valence electrons. The predicted molar refractivity (Wildman–Crippen MR) is 72.8 cm³/mol. The normalized spacial score (nSPS) is 17.5. The van der Waals surface area contributed by atoms with Crippen LogP contribution in [-0.4, -0.2) is 54.5 Å². The van der Waals surface area contributed by atoms with Crippen LogP contribution in [0.4, 0.5) is 5.69 Å². The van der Waals surface area contributed by atoms with Gasteiger partial charge in [-0.05, 0) is 12.1 Å². The van der Waals surface area contributed by atoms with Crippen molar-refractivity contribution >= 4 is 17.6 Å². The van der Waals surface area contributed by atoms with Gasteiger partial charge < -0.3 is 25.6 Å². The molecule has 1 aromatic rings. The van der Waals surface area contributed by atoms with Gasteiger partial charge in [0, 0.05) is 25.3 Å². The minimum Gasteiger partial charge on any atom is -0.473 e. The Bertz CT molecular complexity index is 406. The SMILES string of the molecule is O=C(O)C(=O)O.c1ccc(NCC2CNCCO2)cc1. The molecule has 0 radical (unpaired) electrons. The smallest absolute Gasteiger partial charge is 0.414 e. The molecule has 0 aliphatic carbocycles. The number of carboxylic acids is 2. The fourth-order valence-electron chi connectivity index (χ4n) is 1.54. The van der Waals surface area contributed by atoms with E-state index in [9.17, 15) is 0 Å². The largest absolute Gasteiger partial charge is 0.473 e. The number of morpholine rings is 1. The third-order valence-electron chi connectivity index (χ3n) is 2.50. The zero-order valence-corrected chi connectivity index (χ0v) is 10.9. The number of ether oxygens (including phenoxy) is 1. The molecule has 1 fully saturated rings. The Morgan fingerprint density at radius 1 is 1.25 bits per heavy atom. The molecule has 1 aliphatic rings. The molecule has 1 unspecified atom stereocenters. The zero-order valence-electron chi connectivity index (χ0n) is 10.9. The number of para-hydroxylation sites is 1. The molecule has 20 heavy (non-hydrogen) atoms. The first-order valence-electron chi connectivity index (χ1n) is 6.17. The molecule has 0 bridgehead atoms. The molecule has 0 amide bonds. The predicted octanol–water partition coefficient (Wildman–Crippen LogP) is 0.242. The van der Waals surface area contributed by atoms with Crippen molar-refractivity contribution in [2.75, 3.05) is 31.6 Å². The Morgan fingerprint density at radius 3 is 2.40 bits per heavy atom. The van der Waals surface area contributed by atoms with Gasteiger partial charge in [0.15, 0.2) is 0 Å². The van der Waals surface area contributed by atoms with Crippen LogP contribution in [0.15, 0.2) is 30.3 Å². The Labute approximate surface area is 116 Å². The van der Waals surface area contributed by atoms with E-state index < -0.39 is 11.9 Å². The topological polar surface area (TPSA) is 108 Å². The number of hydrogen-bond donors (Lipinski definition) is 4. The van der Waals surface area contributed by atoms with Crippen molar-refractivity contribution in [3.63, 3.8) is 0 Å². The highest BCUT2D eigenvalue weighted by atomic mass is 16.5. The molecule has 4 N–H and O–H groups in total. The first kappa shape index (κ1) is 15.9. The van der Waals surface area contributed by atoms with Gasteiger partial charge in [-0.3, -0.25) is 0 Å². The number of nitrogens with one attached hydrogen (secondary N) is 2. The van der Waals surface area contributed by atoms with E-state index in [1.165, 1.54) is 0 Å². The van der Waals surface area contributed by atoms with Crippen molar-refractivity contribution in [3.05, 3.63) is 30.3 Å². The standard InChI is InChI=1S/C11H16N2O.C2H2O4/c1-2-4-10(5-3-1)13-9-11-8-12-6-7-14-11;3-1(4)2(5)6/h1-5,11-13H,6-9H2;(H,3,4)(H,5,6). The van der Waals surface area contributed by atoms with Gasteiger partial charge in [-0.1, -0.05) is 18.2 Å². The van der Waals surface area contributed by atoms with Gasteiger partial charge in [0.1, 0.15) is 0 Å². The van der Waals surface area contributed by atoms with Gasteiger partial charge >= 0.3 is 11.9 Å². The molecule has 1 aromatic carbocycles. The maximum absolute atomic E-state index is 9.10. The van der Waals surface area contributed by atoms with E-state index in [2.05, 4.69) is 22.8 Å². The Hall–Kier alpha value is -2.12. The summed E-state index contributed by atoms with van der Waals surface area (Å²) in [6, 6.07) is 10.2. The second-order valence-electron chi connectivity index (χ2n) is 4.05. The monoisotopic (exact) mass is 282 g/mol. The zero-order chi connectivity index (χ0) is 14.8. The summed E-state index contributed by atoms with van der Waals surface area (Å²) in [5.41, 5.74) is 1.15. The lowest BCUT2D eigenvalue weighted by molar-refractivity contribution is -0.159. The lowest BCUT2D eigenvalue weighted by Gasteiger charge is -2.24. The molecule has 7 heteroatoms. The third-order valence-corrected chi connectivity index (χ3v) is 2.50. The van der Waals surface area contributed by atoms with E-state index in [1.807, 2.05) is 18.2 Å². The van der Waals surface area contributed by atoms with E-state index in [-0.39, 0.29) is 0 Å². The highest BCUT2D eigenvalue weighted by Gasteiger charge is 2.12. The van der Waals surface area contributed by atoms with Crippen LogP contribution in [0.25, 0.3) is 0 Å². The number of benzene rings is 1. The lowest BCUT2D eigenvalue weighted by atomic mass is 10.2. The molecule has 0 saturated carbocycles. The van der Waals surface area contributed by atoms with Crippen LogP contribution in [0.2, 0.25) is 0 Å². The van der Waals surface area contributed by atoms with E-state index >= 15 is 0 Å². The molecular weight excluding hydrogens is 264 g/mol. The van der Waals surface area contributed by atoms with E-state index in [1.54, 1.807) is 0 Å². The number of carbonyl (C=O) groups is 2. The fraction of sp³-hybridized carbons (Fsp3) is 0.385. The summed E-state index contributed by atoms with van der Waals surface area (Å²) in [6.07, 6.45) is 0.295. The van der Waals surface area contributed by atoms with Crippen molar-refractivity contribution < 1.29 is 24.5 Å². The molecule has 1 saturated heterocycles. The molecular formula is C13H18N2O5. The van der Waals surface area contributed by atoms with Crippen LogP contribution in [0.1, 0.15) is 0 Å². The molecule has 1 heterocycles. The Morgan fingerprint density at radius 2 is 1.90 bits per heavy atom. The van der Waals surface area contributed by atoms with Crippen molar-refractivity contribution in [2.45, 2.75) is 6.10 Å². The summed E-state index contributed by atoms with van der Waals surface area (Å²) in [7, 11) is 0. The number of carboxylic acid groups (broad SMARTS) is 2. The minimum absolute atomic E-state index is 0.295. The molecule has 2 rings (SSSR count). The molecule has 1 atom stereocenters. The molecule has 7 nitrogen and oxygen atoms in total. The summed E-state index contributed by atoms with van der Waals surface area (Å²) < 4.78 is 5.57. The van der Waals surface area contributed by atoms with Gasteiger partial charge in [-0.25, -0.2) is 9.59 Å². The molecule has 0 aromatic heterocycles. The second-order valence-corrected chi connectivity index (χ2v) is 4.05. The highest BCUT2D eigenvalue weighted by molar-refractivity contribution is 6.27. The summed E-state index contributed by atoms with van der Waals surface area (Å²) in [4.78, 5) is 18.2. The molecule has 0 spiro atoms. The number of aliphatic carboxylic acids is 2. The van der Waals surface area contributed by atoms with Gasteiger partial charge in [-0.2, -0.15) is 0 Å². The summed E-state index contributed by atoms with van der Waals surface area (Å²) in [6.45, 7) is 3.61. The van der Waals surface area contributed by atoms with Crippen LogP contribution in [-0.2, 0) is 14.3 Å². The number of rotatable bonds is 3. The van der Waals surface area contributed by atoms with Gasteiger partial charge in [0.05, 0.1) is 12.7 Å². The van der Waals surface area contributed by atoms with Crippen molar-refractivity contribution in [1.29, 1.82) is 0 Å². The van der Waals surface area contributed by atoms with Crippen LogP contribution < -0.4 is 10.6 Å². The van der Waals surface area contributed by atoms with Crippen molar-refractivity contribution in [2.24, 2.45) is 0 Å². The average molecular weight is 282 g/mol. The van der Waals surface area contributed by atoms with E-state index in [0.29, 0.717) is 6.10 Å². The van der Waals surface area contributed by atoms with Crippen LogP contribution in [0, 0.1) is 0 Å². The van der Waals surface area contributed by atoms with E-state index in [4.69, 9.17) is 24.5 Å². The maximum atomic E-state index is 9.10. The quantitative estimate of drug-likeness (QED) is 0.588. The summed E-state index contributed by atoms with van der Waals surface area (Å²) in [5, 5.41) is 21.4. The lowest BCUT2D eigenvalue weighted by Crippen LogP contribution is -2.42. The van der Waals surface area contributed by atoms with E-state index in [0.717, 1.165) is 31.9 Å². The number of anilines is 1. The highest BCUT2D eigenvalue weighted by Crippen LogP contribution is 2.05. The maximum Gasteiger partial charge on any atom is 0.414 e. The van der Waals surface area contributed by atoms with Crippen LogP contribution >= 0.6 is 0 Å². The van der Waals surface area contributed by atoms with Gasteiger partial charge in [-0.15, -0.1) is 0 Å². The van der Waals surface area contributed by atoms with Crippen molar-refractivity contribution in [3.8, 4) is 0 Å². The van der Waals surface area contributed by atoms with Crippen LogP contribution in [0.5, 0.6) is 0 Å². The molecule has 1 aliphatic heterocycles. The van der Waals surface area contributed by atoms with Crippen LogP contribution in [0.3, 0.4) is 0 Å². The van der Waals surface area contributed by atoms with Gasteiger partial charge in [0.2, 0.25) is 0 Å². The summed E-state index contributed by atoms with van der Waals surface area (Å²) in [5.74, 6) is -3.65. The summed E-state index contributed by atoms with van der Waals surface area (Å²) >= 11 is 0. The second kappa shape index (κ2) is 8.89. The Balaban J connectivity index is 0.000000286. The fourth-order valence-corrected chi connectivity index (χ4v) is 1.54. The Kier molecular flexibility index (Phi) is 7.08. The average Bonchev–Trinajstić information content (AvgIpc) is 2.48. The minimum atomic E-state index is -1.82. The van der Waals surface area contributed by atoms with Crippen molar-refractivity contribution in [1.82, 2.24) is 5.32 Å². The third kappa shape index (κ3) is 6.72. The first-order valence-corrected chi connectivity index (χ1v) is 6.17. The number of hydrogen-bond acceptors (Lipinski definition) is 5.